The molecule has 0 N–H and O–H groups in total. The molecule has 9 unspecified atom stereocenters. The molecule has 0 bridgehead atoms. The number of hydrogen-bond donors (Lipinski definition) is 0. The first-order chi connectivity index (χ1) is 24.8. The molecule has 10 rings (SSSR count). The summed E-state index contributed by atoms with van der Waals surface area (Å²) in [6.07, 6.45) is 40.7. The van der Waals surface area contributed by atoms with Crippen molar-refractivity contribution in [3.05, 3.63) is 190 Å². The smallest absolute Gasteiger partial charge is 0.147 e. The van der Waals surface area contributed by atoms with E-state index >= 15 is 0 Å². The minimum Gasteiger partial charge on any atom is -0.147 e. The summed E-state index contributed by atoms with van der Waals surface area (Å²) in [4.78, 5) is 0. The maximum absolute atomic E-state index is 2.68. The zero-order valence-electron chi connectivity index (χ0n) is 29.4. The molecule has 2 fully saturated rings. The van der Waals surface area contributed by atoms with Gasteiger partial charge < -0.3 is 0 Å². The standard InChI is InChI=1S/C23H18.C21H21.C5H5.2ClH.Zr/c1-3-16-22-18(8-1)10-5-12-20(22)14-7-15-21-13-6-11-19-9-2-4-17-23(19)21;1-2-8-15-14(7-1)13-20-18-11-4-3-9-16(18)17-10-5-6-12-19(17)21(15)20;1-2-4-5-3-1;;;/h1-6,8-13,16-17H,14-15H2;1-21H;1-3H,4H2;2*1H;. The van der Waals surface area contributed by atoms with Crippen molar-refractivity contribution in [2.75, 3.05) is 0 Å². The molecule has 0 amide bonds. The summed E-state index contributed by atoms with van der Waals surface area (Å²) < 4.78 is 4.43. The number of fused-ring (bicyclic) bond motifs is 10. The van der Waals surface area contributed by atoms with Crippen molar-refractivity contribution in [2.45, 2.75) is 22.9 Å². The van der Waals surface area contributed by atoms with E-state index in [0.717, 1.165) is 22.9 Å². The molecule has 52 heavy (non-hydrogen) atoms. The normalized spacial score (nSPS) is 29.8. The summed E-state index contributed by atoms with van der Waals surface area (Å²) in [5.41, 5.74) is 3.02. The third-order valence-corrected chi connectivity index (χ3v) is 22.0. The van der Waals surface area contributed by atoms with Crippen molar-refractivity contribution in [1.82, 2.24) is 0 Å². The van der Waals surface area contributed by atoms with Crippen LogP contribution < -0.4 is 0 Å². The quantitative estimate of drug-likeness (QED) is 0.182. The van der Waals surface area contributed by atoms with Gasteiger partial charge in [0.05, 0.1) is 0 Å². The van der Waals surface area contributed by atoms with Gasteiger partial charge in [-0.3, -0.25) is 0 Å². The molecular weight excluding hydrogens is 751 g/mol. The molecule has 4 aromatic carbocycles. The first-order valence-electron chi connectivity index (χ1n) is 18.9. The Labute approximate surface area is 329 Å². The van der Waals surface area contributed by atoms with E-state index in [9.17, 15) is 0 Å². The number of rotatable bonds is 6. The van der Waals surface area contributed by atoms with Crippen molar-refractivity contribution in [1.29, 1.82) is 0 Å². The van der Waals surface area contributed by atoms with E-state index in [2.05, 4.69) is 176 Å². The fourth-order valence-electron chi connectivity index (χ4n) is 11.3. The van der Waals surface area contributed by atoms with Crippen molar-refractivity contribution in [3.63, 3.8) is 0 Å². The maximum Gasteiger partial charge on any atom is -0.147 e. The van der Waals surface area contributed by atoms with Gasteiger partial charge in [-0.05, 0) is 0 Å². The van der Waals surface area contributed by atoms with Crippen LogP contribution >= 0.6 is 24.8 Å². The second kappa shape index (κ2) is 15.2. The Morgan fingerprint density at radius 3 is 1.48 bits per heavy atom. The van der Waals surface area contributed by atoms with Crippen molar-refractivity contribution >= 4 is 49.6 Å². The Morgan fingerprint density at radius 2 is 0.942 bits per heavy atom. The van der Waals surface area contributed by atoms with E-state index in [4.69, 9.17) is 0 Å². The Hall–Kier alpha value is -3.35. The summed E-state index contributed by atoms with van der Waals surface area (Å²) in [5.74, 6) is 4.98. The molecule has 260 valence electrons. The van der Waals surface area contributed by atoms with Crippen LogP contribution in [0.4, 0.5) is 0 Å². The van der Waals surface area contributed by atoms with Crippen LogP contribution in [0.15, 0.2) is 179 Å². The van der Waals surface area contributed by atoms with Crippen LogP contribution in [0, 0.1) is 47.3 Å². The van der Waals surface area contributed by atoms with Crippen LogP contribution in [0.3, 0.4) is 0 Å². The largest absolute Gasteiger partial charge is 0.147 e. The first-order valence-corrected chi connectivity index (χ1v) is 22.8. The van der Waals surface area contributed by atoms with Gasteiger partial charge >= 0.3 is 307 Å². The van der Waals surface area contributed by atoms with Crippen molar-refractivity contribution < 1.29 is 21.3 Å². The zero-order chi connectivity index (χ0) is 33.0. The third kappa shape index (κ3) is 6.06. The molecule has 9 atom stereocenters. The molecule has 4 aromatic rings. The van der Waals surface area contributed by atoms with Crippen LogP contribution in [-0.2, 0) is 34.1 Å². The number of halogens is 2. The summed E-state index contributed by atoms with van der Waals surface area (Å²) in [5, 5.41) is 5.57. The van der Waals surface area contributed by atoms with Gasteiger partial charge in [0.1, 0.15) is 0 Å². The van der Waals surface area contributed by atoms with E-state index < -0.39 is 21.3 Å². The molecule has 3 heteroatoms. The van der Waals surface area contributed by atoms with Gasteiger partial charge in [-0.2, -0.15) is 0 Å². The van der Waals surface area contributed by atoms with Gasteiger partial charge in [-0.15, -0.1) is 24.8 Å². The van der Waals surface area contributed by atoms with Crippen LogP contribution in [0.25, 0.3) is 21.5 Å². The Balaban J connectivity index is 0.00000193. The SMILES string of the molecule is C1=CC[C]([Zr](=[C](Cc2cccc3ccccc23)Cc2cccc3ccccc23)[CH]2C3C=CC=CC3C3C4C=CC=CC4C4C=CC=CC4C32)=C1.Cl.Cl. The van der Waals surface area contributed by atoms with E-state index in [-0.39, 0.29) is 24.8 Å². The topological polar surface area (TPSA) is 0 Å². The molecular formula is C49H46Cl2Zr. The fourth-order valence-corrected chi connectivity index (χ4v) is 21.8. The van der Waals surface area contributed by atoms with E-state index in [1.807, 2.05) is 6.49 Å². The number of hydrogen-bond acceptors (Lipinski definition) is 0. The second-order valence-electron chi connectivity index (χ2n) is 15.4. The first kappa shape index (κ1) is 35.7. The van der Waals surface area contributed by atoms with Crippen molar-refractivity contribution in [3.8, 4) is 0 Å². The molecule has 0 spiro atoms. The minimum atomic E-state index is -2.61. The minimum absolute atomic E-state index is 0. The summed E-state index contributed by atoms with van der Waals surface area (Å²) >= 11 is -2.61. The average molecular weight is 797 g/mol. The summed E-state index contributed by atoms with van der Waals surface area (Å²) in [6, 6.07) is 32.3. The van der Waals surface area contributed by atoms with Crippen LogP contribution in [0.1, 0.15) is 17.5 Å². The van der Waals surface area contributed by atoms with Gasteiger partial charge in [0.25, 0.3) is 0 Å². The predicted molar refractivity (Wildman–Crippen MR) is 223 cm³/mol. The van der Waals surface area contributed by atoms with E-state index in [0.29, 0.717) is 47.3 Å². The monoisotopic (exact) mass is 794 g/mol. The predicted octanol–water partition coefficient (Wildman–Crippen LogP) is 12.4. The molecule has 0 aromatic heterocycles. The molecule has 0 nitrogen and oxygen atoms in total. The van der Waals surface area contributed by atoms with E-state index in [1.54, 1.807) is 0 Å². The average Bonchev–Trinajstić information content (AvgIpc) is 3.83. The zero-order valence-corrected chi connectivity index (χ0v) is 33.5. The Bertz CT molecular complexity index is 2180. The summed E-state index contributed by atoms with van der Waals surface area (Å²) in [6.45, 7) is 0. The van der Waals surface area contributed by atoms with Crippen LogP contribution in [-0.4, -0.2) is 3.21 Å². The Kier molecular flexibility index (Phi) is 10.4. The number of allylic oxidation sites excluding steroid dienone is 16. The van der Waals surface area contributed by atoms with Gasteiger partial charge in [-0.25, -0.2) is 0 Å². The molecule has 0 heterocycles. The fraction of sp³-hybridized carbons (Fsp3) is 0.245. The maximum atomic E-state index is 2.68. The van der Waals surface area contributed by atoms with E-state index in [1.165, 1.54) is 32.7 Å². The third-order valence-electron chi connectivity index (χ3n) is 13.1. The van der Waals surface area contributed by atoms with Crippen LogP contribution in [0.5, 0.6) is 0 Å². The van der Waals surface area contributed by atoms with Gasteiger partial charge in [0.15, 0.2) is 0 Å². The molecule has 0 saturated heterocycles. The number of benzene rings is 4. The Morgan fingerprint density at radius 1 is 0.481 bits per heavy atom. The van der Waals surface area contributed by atoms with Gasteiger partial charge in [0.2, 0.25) is 0 Å². The van der Waals surface area contributed by atoms with Crippen LogP contribution in [0.2, 0.25) is 3.63 Å². The molecule has 6 aliphatic carbocycles. The van der Waals surface area contributed by atoms with Gasteiger partial charge in [0, 0.05) is 0 Å². The second-order valence-corrected chi connectivity index (χ2v) is 22.4. The van der Waals surface area contributed by atoms with Gasteiger partial charge in [-0.1, -0.05) is 0 Å². The molecule has 0 radical (unpaired) electrons. The molecule has 0 aliphatic heterocycles. The van der Waals surface area contributed by atoms with Crippen molar-refractivity contribution in [2.24, 2.45) is 47.3 Å². The summed E-state index contributed by atoms with van der Waals surface area (Å²) in [7, 11) is 0. The molecule has 6 aliphatic rings. The molecule has 2 saturated carbocycles.